The number of halogens is 1. The Balaban J connectivity index is 2.32. The lowest BCUT2D eigenvalue weighted by atomic mass is 10.1. The zero-order valence-corrected chi connectivity index (χ0v) is 14.0. The normalized spacial score (nSPS) is 10.3. The maximum atomic E-state index is 12.5. The Morgan fingerprint density at radius 1 is 1.24 bits per heavy atom. The largest absolute Gasteiger partial charge is 0.496 e. The summed E-state index contributed by atoms with van der Waals surface area (Å²) in [4.78, 5) is 12.5. The number of benzene rings is 2. The van der Waals surface area contributed by atoms with Crippen molar-refractivity contribution in [3.8, 4) is 5.75 Å². The van der Waals surface area contributed by atoms with Crippen LogP contribution in [-0.4, -0.2) is 13.0 Å². The molecule has 0 saturated heterocycles. The Hall–Kier alpha value is -1.81. The quantitative estimate of drug-likeness (QED) is 0.878. The standard InChI is InChI=1S/C17H18BrNO2/c1-4-12-10-13(18)6-7-15(12)19-17(20)14-9-11(2)5-8-16(14)21-3/h5-10H,4H2,1-3H3,(H,19,20). The summed E-state index contributed by atoms with van der Waals surface area (Å²) in [6.07, 6.45) is 0.847. The van der Waals surface area contributed by atoms with Gasteiger partial charge in [-0.15, -0.1) is 0 Å². The summed E-state index contributed by atoms with van der Waals surface area (Å²) in [5, 5.41) is 2.97. The summed E-state index contributed by atoms with van der Waals surface area (Å²) in [6, 6.07) is 11.4. The molecule has 0 unspecified atom stereocenters. The summed E-state index contributed by atoms with van der Waals surface area (Å²) in [6.45, 7) is 4.01. The topological polar surface area (TPSA) is 38.3 Å². The second-order valence-corrected chi connectivity index (χ2v) is 5.73. The van der Waals surface area contributed by atoms with Crippen molar-refractivity contribution in [3.63, 3.8) is 0 Å². The van der Waals surface area contributed by atoms with Gasteiger partial charge in [0.15, 0.2) is 0 Å². The molecule has 3 nitrogen and oxygen atoms in total. The van der Waals surface area contributed by atoms with Gasteiger partial charge in [-0.25, -0.2) is 0 Å². The molecule has 0 aliphatic rings. The zero-order valence-electron chi connectivity index (χ0n) is 12.4. The van der Waals surface area contributed by atoms with Crippen LogP contribution in [0.25, 0.3) is 0 Å². The van der Waals surface area contributed by atoms with Crippen molar-refractivity contribution in [3.05, 3.63) is 57.6 Å². The first-order valence-electron chi connectivity index (χ1n) is 6.79. The van der Waals surface area contributed by atoms with Crippen LogP contribution in [0.5, 0.6) is 5.75 Å². The number of amides is 1. The van der Waals surface area contributed by atoms with E-state index in [4.69, 9.17) is 4.74 Å². The highest BCUT2D eigenvalue weighted by Crippen LogP contribution is 2.25. The number of ether oxygens (including phenoxy) is 1. The smallest absolute Gasteiger partial charge is 0.259 e. The number of hydrogen-bond acceptors (Lipinski definition) is 2. The molecule has 1 amide bonds. The van der Waals surface area contributed by atoms with E-state index in [0.717, 1.165) is 27.7 Å². The van der Waals surface area contributed by atoms with Crippen molar-refractivity contribution in [2.45, 2.75) is 20.3 Å². The molecule has 0 heterocycles. The highest BCUT2D eigenvalue weighted by molar-refractivity contribution is 9.10. The fourth-order valence-electron chi connectivity index (χ4n) is 2.17. The van der Waals surface area contributed by atoms with Crippen LogP contribution in [0.3, 0.4) is 0 Å². The second-order valence-electron chi connectivity index (χ2n) is 4.81. The maximum absolute atomic E-state index is 12.5. The molecule has 0 aromatic heterocycles. The van der Waals surface area contributed by atoms with Crippen LogP contribution < -0.4 is 10.1 Å². The van der Waals surface area contributed by atoms with Gasteiger partial charge >= 0.3 is 0 Å². The molecule has 4 heteroatoms. The van der Waals surface area contributed by atoms with Crippen LogP contribution in [0.15, 0.2) is 40.9 Å². The van der Waals surface area contributed by atoms with E-state index in [9.17, 15) is 4.79 Å². The van der Waals surface area contributed by atoms with Crippen molar-refractivity contribution in [1.29, 1.82) is 0 Å². The SMILES string of the molecule is CCc1cc(Br)ccc1NC(=O)c1cc(C)ccc1OC. The average Bonchev–Trinajstić information content (AvgIpc) is 2.48. The van der Waals surface area contributed by atoms with E-state index in [0.29, 0.717) is 11.3 Å². The molecule has 2 aromatic rings. The van der Waals surface area contributed by atoms with Crippen molar-refractivity contribution >= 4 is 27.5 Å². The minimum absolute atomic E-state index is 0.160. The first-order chi connectivity index (χ1) is 10.0. The van der Waals surface area contributed by atoms with Crippen LogP contribution in [0.2, 0.25) is 0 Å². The molecule has 1 N–H and O–H groups in total. The Bertz CT molecular complexity index is 668. The molecule has 0 spiro atoms. The van der Waals surface area contributed by atoms with Crippen LogP contribution in [0.1, 0.15) is 28.4 Å². The van der Waals surface area contributed by atoms with Gasteiger partial charge in [0.1, 0.15) is 5.75 Å². The summed E-state index contributed by atoms with van der Waals surface area (Å²) in [5.74, 6) is 0.417. The number of methoxy groups -OCH3 is 1. The molecule has 0 aliphatic heterocycles. The van der Waals surface area contributed by atoms with Crippen molar-refractivity contribution in [2.24, 2.45) is 0 Å². The number of rotatable bonds is 4. The monoisotopic (exact) mass is 347 g/mol. The lowest BCUT2D eigenvalue weighted by Crippen LogP contribution is -2.14. The molecule has 0 atom stereocenters. The van der Waals surface area contributed by atoms with Gasteiger partial charge < -0.3 is 10.1 Å². The number of anilines is 1. The number of carbonyl (C=O) groups is 1. The minimum atomic E-state index is -0.160. The molecule has 0 aliphatic carbocycles. The van der Waals surface area contributed by atoms with Crippen LogP contribution >= 0.6 is 15.9 Å². The van der Waals surface area contributed by atoms with E-state index in [1.54, 1.807) is 7.11 Å². The fourth-order valence-corrected chi connectivity index (χ4v) is 2.57. The fraction of sp³-hybridized carbons (Fsp3) is 0.235. The van der Waals surface area contributed by atoms with Gasteiger partial charge in [0.25, 0.3) is 5.91 Å². The predicted molar refractivity (Wildman–Crippen MR) is 89.2 cm³/mol. The number of hydrogen-bond donors (Lipinski definition) is 1. The molecule has 0 fully saturated rings. The molecular weight excluding hydrogens is 330 g/mol. The summed E-state index contributed by atoms with van der Waals surface area (Å²) < 4.78 is 6.27. The molecule has 110 valence electrons. The first kappa shape index (κ1) is 15.6. The van der Waals surface area contributed by atoms with E-state index >= 15 is 0 Å². The van der Waals surface area contributed by atoms with Gasteiger partial charge in [0, 0.05) is 10.2 Å². The van der Waals surface area contributed by atoms with Crippen LogP contribution in [0, 0.1) is 6.92 Å². The molecule has 2 aromatic carbocycles. The van der Waals surface area contributed by atoms with Gasteiger partial charge in [-0.1, -0.05) is 34.5 Å². The molecule has 0 saturated carbocycles. The first-order valence-corrected chi connectivity index (χ1v) is 7.59. The Kier molecular flexibility index (Phi) is 5.02. The molecular formula is C17H18BrNO2. The number of carbonyl (C=O) groups excluding carboxylic acids is 1. The molecule has 21 heavy (non-hydrogen) atoms. The highest BCUT2D eigenvalue weighted by Gasteiger charge is 2.14. The van der Waals surface area contributed by atoms with E-state index in [1.807, 2.05) is 43.3 Å². The zero-order chi connectivity index (χ0) is 15.4. The van der Waals surface area contributed by atoms with E-state index in [-0.39, 0.29) is 5.91 Å². The molecule has 0 radical (unpaired) electrons. The van der Waals surface area contributed by atoms with Crippen LogP contribution in [0.4, 0.5) is 5.69 Å². The van der Waals surface area contributed by atoms with E-state index in [2.05, 4.69) is 28.2 Å². The maximum Gasteiger partial charge on any atom is 0.259 e. The molecule has 2 rings (SSSR count). The third-order valence-corrected chi connectivity index (χ3v) is 3.79. The lowest BCUT2D eigenvalue weighted by Gasteiger charge is -2.13. The molecule has 0 bridgehead atoms. The highest BCUT2D eigenvalue weighted by atomic mass is 79.9. The lowest BCUT2D eigenvalue weighted by molar-refractivity contribution is 0.102. The van der Waals surface area contributed by atoms with Crippen molar-refractivity contribution in [2.75, 3.05) is 12.4 Å². The van der Waals surface area contributed by atoms with Gasteiger partial charge in [-0.05, 0) is 49.2 Å². The van der Waals surface area contributed by atoms with E-state index in [1.165, 1.54) is 0 Å². The average molecular weight is 348 g/mol. The van der Waals surface area contributed by atoms with Crippen molar-refractivity contribution in [1.82, 2.24) is 0 Å². The predicted octanol–water partition coefficient (Wildman–Crippen LogP) is 4.58. The summed E-state index contributed by atoms with van der Waals surface area (Å²) in [5.41, 5.74) is 3.48. The Morgan fingerprint density at radius 2 is 2.00 bits per heavy atom. The Labute approximate surface area is 133 Å². The second kappa shape index (κ2) is 6.76. The van der Waals surface area contributed by atoms with Gasteiger partial charge in [0.05, 0.1) is 12.7 Å². The van der Waals surface area contributed by atoms with Crippen molar-refractivity contribution < 1.29 is 9.53 Å². The van der Waals surface area contributed by atoms with Gasteiger partial charge in [-0.2, -0.15) is 0 Å². The number of nitrogens with one attached hydrogen (secondary N) is 1. The number of aryl methyl sites for hydroxylation is 2. The Morgan fingerprint density at radius 3 is 2.67 bits per heavy atom. The van der Waals surface area contributed by atoms with Crippen LogP contribution in [-0.2, 0) is 6.42 Å². The summed E-state index contributed by atoms with van der Waals surface area (Å²) in [7, 11) is 1.57. The van der Waals surface area contributed by atoms with Gasteiger partial charge in [-0.3, -0.25) is 4.79 Å². The minimum Gasteiger partial charge on any atom is -0.496 e. The third kappa shape index (κ3) is 3.64. The third-order valence-electron chi connectivity index (χ3n) is 3.30. The summed E-state index contributed by atoms with van der Waals surface area (Å²) >= 11 is 3.45. The van der Waals surface area contributed by atoms with E-state index < -0.39 is 0 Å². The van der Waals surface area contributed by atoms with Gasteiger partial charge in [0.2, 0.25) is 0 Å².